The number of aromatic hydroxyl groups is 2. The first-order valence-corrected chi connectivity index (χ1v) is 10.6. The number of phenolic OH excluding ortho intramolecular Hbond substituents is 2. The quantitative estimate of drug-likeness (QED) is 0.250. The predicted octanol–water partition coefficient (Wildman–Crippen LogP) is 6.79. The minimum absolute atomic E-state index is 0.0262. The minimum Gasteiger partial charge on any atom is -0.507 e. The van der Waals surface area contributed by atoms with E-state index in [1.807, 2.05) is 84.9 Å². The maximum atomic E-state index is 11.8. The Labute approximate surface area is 186 Å². The van der Waals surface area contributed by atoms with Crippen molar-refractivity contribution in [3.8, 4) is 11.5 Å². The number of ketones is 1. The van der Waals surface area contributed by atoms with Gasteiger partial charge in [0.05, 0.1) is 0 Å². The third kappa shape index (κ3) is 3.28. The Morgan fingerprint density at radius 3 is 1.47 bits per heavy atom. The van der Waals surface area contributed by atoms with E-state index < -0.39 is 0 Å². The number of rotatable bonds is 4. The number of carbonyl (C=O) groups excluding carboxylic acids is 1. The van der Waals surface area contributed by atoms with Crippen LogP contribution in [-0.2, 0) is 0 Å². The fourth-order valence-electron chi connectivity index (χ4n) is 4.55. The van der Waals surface area contributed by atoms with Crippen LogP contribution in [0.25, 0.3) is 21.5 Å². The summed E-state index contributed by atoms with van der Waals surface area (Å²) in [5, 5.41) is 24.4. The van der Waals surface area contributed by atoms with E-state index in [4.69, 9.17) is 0 Å². The SMILES string of the molecule is CC(=O)c1ccc(C(c2ccc(O)c3ccccc23)c2ccc(O)c3ccccc23)cc1. The normalized spacial score (nSPS) is 11.3. The van der Waals surface area contributed by atoms with E-state index in [-0.39, 0.29) is 23.2 Å². The van der Waals surface area contributed by atoms with Gasteiger partial charge < -0.3 is 10.2 Å². The molecule has 0 radical (unpaired) electrons. The van der Waals surface area contributed by atoms with E-state index in [0.29, 0.717) is 5.56 Å². The van der Waals surface area contributed by atoms with Crippen molar-refractivity contribution in [2.75, 3.05) is 0 Å². The van der Waals surface area contributed by atoms with Crippen LogP contribution in [0, 0.1) is 0 Å². The molecule has 5 rings (SSSR count). The van der Waals surface area contributed by atoms with Gasteiger partial charge in [0, 0.05) is 22.3 Å². The fraction of sp³-hybridized carbons (Fsp3) is 0.0690. The van der Waals surface area contributed by atoms with Crippen molar-refractivity contribution in [3.63, 3.8) is 0 Å². The summed E-state index contributed by atoms with van der Waals surface area (Å²) in [4.78, 5) is 11.8. The van der Waals surface area contributed by atoms with Gasteiger partial charge in [-0.1, -0.05) is 84.9 Å². The number of benzene rings is 5. The van der Waals surface area contributed by atoms with Crippen LogP contribution in [0.1, 0.15) is 39.9 Å². The van der Waals surface area contributed by atoms with E-state index >= 15 is 0 Å². The van der Waals surface area contributed by atoms with Crippen molar-refractivity contribution in [1.29, 1.82) is 0 Å². The Bertz CT molecular complexity index is 1380. The Morgan fingerprint density at radius 1 is 0.594 bits per heavy atom. The molecule has 0 aromatic heterocycles. The van der Waals surface area contributed by atoms with Crippen molar-refractivity contribution >= 4 is 27.3 Å². The summed E-state index contributed by atoms with van der Waals surface area (Å²) >= 11 is 0. The molecule has 0 amide bonds. The molecule has 32 heavy (non-hydrogen) atoms. The molecule has 0 fully saturated rings. The van der Waals surface area contributed by atoms with Crippen LogP contribution in [0.15, 0.2) is 97.1 Å². The van der Waals surface area contributed by atoms with Crippen molar-refractivity contribution in [3.05, 3.63) is 119 Å². The topological polar surface area (TPSA) is 57.5 Å². The van der Waals surface area contributed by atoms with E-state index in [0.717, 1.165) is 38.2 Å². The zero-order valence-electron chi connectivity index (χ0n) is 17.6. The number of hydrogen-bond acceptors (Lipinski definition) is 3. The molecular formula is C29H22O3. The van der Waals surface area contributed by atoms with Crippen LogP contribution >= 0.6 is 0 Å². The number of hydrogen-bond donors (Lipinski definition) is 2. The Kier molecular flexibility index (Phi) is 4.87. The van der Waals surface area contributed by atoms with Gasteiger partial charge in [-0.25, -0.2) is 0 Å². The fourth-order valence-corrected chi connectivity index (χ4v) is 4.55. The molecule has 0 atom stereocenters. The summed E-state index contributed by atoms with van der Waals surface area (Å²) < 4.78 is 0. The van der Waals surface area contributed by atoms with Crippen LogP contribution in [0.4, 0.5) is 0 Å². The maximum absolute atomic E-state index is 11.8. The van der Waals surface area contributed by atoms with Crippen LogP contribution in [0.2, 0.25) is 0 Å². The zero-order chi connectivity index (χ0) is 22.2. The standard InChI is InChI=1S/C29H22O3/c1-18(30)19-10-12-20(13-11-19)29(25-14-16-27(31)23-8-4-2-6-21(23)25)26-15-17-28(32)24-9-5-3-7-22(24)26/h2-17,29,31-32H,1H3. The first-order chi connectivity index (χ1) is 15.5. The molecule has 3 nitrogen and oxygen atoms in total. The molecule has 3 heteroatoms. The van der Waals surface area contributed by atoms with Gasteiger partial charge in [-0.05, 0) is 46.5 Å². The van der Waals surface area contributed by atoms with Gasteiger partial charge in [0.1, 0.15) is 11.5 Å². The summed E-state index contributed by atoms with van der Waals surface area (Å²) in [6.45, 7) is 1.56. The van der Waals surface area contributed by atoms with Gasteiger partial charge in [-0.2, -0.15) is 0 Å². The first-order valence-electron chi connectivity index (χ1n) is 10.6. The number of phenols is 2. The molecule has 5 aromatic rings. The molecular weight excluding hydrogens is 396 g/mol. The smallest absolute Gasteiger partial charge is 0.159 e. The lowest BCUT2D eigenvalue weighted by Gasteiger charge is -2.23. The molecule has 0 bridgehead atoms. The van der Waals surface area contributed by atoms with Crippen molar-refractivity contribution in [2.24, 2.45) is 0 Å². The average Bonchev–Trinajstić information content (AvgIpc) is 2.83. The van der Waals surface area contributed by atoms with Gasteiger partial charge in [0.25, 0.3) is 0 Å². The van der Waals surface area contributed by atoms with E-state index in [2.05, 4.69) is 0 Å². The summed E-state index contributed by atoms with van der Waals surface area (Å²) in [5.74, 6) is 0.349. The summed E-state index contributed by atoms with van der Waals surface area (Å²) in [5.41, 5.74) is 3.79. The summed E-state index contributed by atoms with van der Waals surface area (Å²) in [6, 6.07) is 30.7. The van der Waals surface area contributed by atoms with Crippen LogP contribution in [0.3, 0.4) is 0 Å². The molecule has 0 heterocycles. The molecule has 0 aliphatic carbocycles. The molecule has 0 spiro atoms. The van der Waals surface area contributed by atoms with E-state index in [9.17, 15) is 15.0 Å². The number of carbonyl (C=O) groups is 1. The van der Waals surface area contributed by atoms with Crippen LogP contribution in [-0.4, -0.2) is 16.0 Å². The molecule has 2 N–H and O–H groups in total. The zero-order valence-corrected chi connectivity index (χ0v) is 17.6. The molecule has 0 aliphatic rings. The van der Waals surface area contributed by atoms with Gasteiger partial charge in [-0.15, -0.1) is 0 Å². The lowest BCUT2D eigenvalue weighted by atomic mass is 9.80. The van der Waals surface area contributed by atoms with Crippen LogP contribution in [0.5, 0.6) is 11.5 Å². The highest BCUT2D eigenvalue weighted by molar-refractivity contribution is 5.96. The summed E-state index contributed by atoms with van der Waals surface area (Å²) in [7, 11) is 0. The van der Waals surface area contributed by atoms with Crippen molar-refractivity contribution in [1.82, 2.24) is 0 Å². The van der Waals surface area contributed by atoms with E-state index in [1.54, 1.807) is 19.1 Å². The Balaban J connectivity index is 1.84. The Hall–Kier alpha value is -4.11. The van der Waals surface area contributed by atoms with Crippen molar-refractivity contribution < 1.29 is 15.0 Å². The van der Waals surface area contributed by atoms with Gasteiger partial charge >= 0.3 is 0 Å². The maximum Gasteiger partial charge on any atom is 0.159 e. The van der Waals surface area contributed by atoms with Crippen LogP contribution < -0.4 is 0 Å². The minimum atomic E-state index is -0.160. The molecule has 156 valence electrons. The van der Waals surface area contributed by atoms with Gasteiger partial charge in [0.2, 0.25) is 0 Å². The monoisotopic (exact) mass is 418 g/mol. The molecule has 5 aromatic carbocycles. The third-order valence-corrected chi connectivity index (χ3v) is 6.14. The number of Topliss-reactive ketones (excluding diaryl/α,β-unsaturated/α-hetero) is 1. The average molecular weight is 418 g/mol. The molecule has 0 saturated carbocycles. The molecule has 0 saturated heterocycles. The lowest BCUT2D eigenvalue weighted by molar-refractivity contribution is 0.101. The predicted molar refractivity (Wildman–Crippen MR) is 129 cm³/mol. The molecule has 0 unspecified atom stereocenters. The molecule has 0 aliphatic heterocycles. The second-order valence-electron chi connectivity index (χ2n) is 8.05. The van der Waals surface area contributed by atoms with Crippen molar-refractivity contribution in [2.45, 2.75) is 12.8 Å². The number of fused-ring (bicyclic) bond motifs is 2. The summed E-state index contributed by atoms with van der Waals surface area (Å²) in [6.07, 6.45) is 0. The second kappa shape index (κ2) is 7.86. The van der Waals surface area contributed by atoms with Gasteiger partial charge in [-0.3, -0.25) is 4.79 Å². The third-order valence-electron chi connectivity index (χ3n) is 6.14. The highest BCUT2D eigenvalue weighted by Crippen LogP contribution is 2.42. The Morgan fingerprint density at radius 2 is 1.03 bits per heavy atom. The highest BCUT2D eigenvalue weighted by Gasteiger charge is 2.23. The first kappa shape index (κ1) is 19.8. The van der Waals surface area contributed by atoms with E-state index in [1.165, 1.54) is 0 Å². The highest BCUT2D eigenvalue weighted by atomic mass is 16.3. The van der Waals surface area contributed by atoms with Gasteiger partial charge in [0.15, 0.2) is 5.78 Å². The lowest BCUT2D eigenvalue weighted by Crippen LogP contribution is -2.06. The largest absolute Gasteiger partial charge is 0.507 e. The second-order valence-corrected chi connectivity index (χ2v) is 8.05.